The van der Waals surface area contributed by atoms with Gasteiger partial charge in [-0.3, -0.25) is 32.5 Å². The molecule has 370 valence electrons. The minimum absolute atomic E-state index is 0.00110. The quantitative estimate of drug-likeness (QED) is 0.0232. The Labute approximate surface area is 382 Å². The molecule has 0 saturated carbocycles. The number of imidazole rings is 1. The van der Waals surface area contributed by atoms with Crippen molar-refractivity contribution in [2.45, 2.75) is 95.9 Å². The number of carboxylic acids is 1. The van der Waals surface area contributed by atoms with Crippen LogP contribution in [0.4, 0.5) is 5.82 Å². The average Bonchev–Trinajstić information content (AvgIpc) is 3.79. The SMILES string of the molecule is CC(C)(COP(=O)(O)OP(=O)(O)OCC1OC(n2cnc3c(N)ncnc32)C(O)C1OP(=O)(O)O)C(O)C(=O)NCCC(=O)NCCSC(=O)CCCCC/C=C/C/C=C/C/C=C/C(=O)O. The molecular formula is C36H56N7O19P3S. The van der Waals surface area contributed by atoms with Crippen molar-refractivity contribution in [3.63, 3.8) is 0 Å². The number of ether oxygens (including phenoxy) is 1. The Balaban J connectivity index is 1.33. The highest BCUT2D eigenvalue weighted by Crippen LogP contribution is 2.61. The van der Waals surface area contributed by atoms with Gasteiger partial charge in [-0.2, -0.15) is 4.31 Å². The summed E-state index contributed by atoms with van der Waals surface area (Å²) in [6.45, 7) is 0.442. The molecule has 0 radical (unpaired) electrons. The normalized spacial score (nSPS) is 20.5. The molecule has 1 saturated heterocycles. The number of aliphatic hydroxyl groups excluding tert-OH is 2. The number of nitrogens with one attached hydrogen (secondary N) is 2. The molecule has 2 aromatic rings. The summed E-state index contributed by atoms with van der Waals surface area (Å²) >= 11 is 1.10. The summed E-state index contributed by atoms with van der Waals surface area (Å²) in [4.78, 5) is 98.5. The van der Waals surface area contributed by atoms with Crippen LogP contribution in [0.3, 0.4) is 0 Å². The van der Waals surface area contributed by atoms with Gasteiger partial charge in [0.25, 0.3) is 0 Å². The average molecular weight is 1020 g/mol. The number of allylic oxidation sites excluding steroid dienone is 5. The van der Waals surface area contributed by atoms with Gasteiger partial charge < -0.3 is 56.0 Å². The van der Waals surface area contributed by atoms with Crippen LogP contribution in [0.15, 0.2) is 49.1 Å². The van der Waals surface area contributed by atoms with Gasteiger partial charge in [-0.25, -0.2) is 33.4 Å². The number of anilines is 1. The highest BCUT2D eigenvalue weighted by atomic mass is 32.2. The summed E-state index contributed by atoms with van der Waals surface area (Å²) in [5.74, 6) is -2.11. The number of thioether (sulfide) groups is 1. The van der Waals surface area contributed by atoms with Gasteiger partial charge in [0.1, 0.15) is 36.3 Å². The van der Waals surface area contributed by atoms with E-state index in [2.05, 4.69) is 40.5 Å². The van der Waals surface area contributed by atoms with E-state index < -0.39 is 90.5 Å². The van der Waals surface area contributed by atoms with Crippen LogP contribution in [0.25, 0.3) is 11.2 Å². The number of phosphoric ester groups is 3. The number of hydrogen-bond acceptors (Lipinski definition) is 19. The number of fused-ring (bicyclic) bond motifs is 1. The predicted molar refractivity (Wildman–Crippen MR) is 234 cm³/mol. The first-order chi connectivity index (χ1) is 30.9. The second-order valence-corrected chi connectivity index (χ2v) is 20.4. The third kappa shape index (κ3) is 20.2. The fourth-order valence-corrected chi connectivity index (χ4v) is 9.36. The van der Waals surface area contributed by atoms with Crippen LogP contribution in [0, 0.1) is 5.41 Å². The molecule has 7 atom stereocenters. The molecule has 0 aromatic carbocycles. The van der Waals surface area contributed by atoms with Crippen molar-refractivity contribution < 1.29 is 90.4 Å². The Morgan fingerprint density at radius 2 is 1.62 bits per heavy atom. The van der Waals surface area contributed by atoms with Crippen molar-refractivity contribution in [2.24, 2.45) is 5.41 Å². The smallest absolute Gasteiger partial charge is 0.478 e. The molecule has 2 amide bonds. The number of nitrogen functional groups attached to an aromatic ring is 1. The molecule has 1 fully saturated rings. The summed E-state index contributed by atoms with van der Waals surface area (Å²) in [5, 5.41) is 35.0. The van der Waals surface area contributed by atoms with Gasteiger partial charge in [0.2, 0.25) is 11.8 Å². The molecule has 7 unspecified atom stereocenters. The van der Waals surface area contributed by atoms with E-state index in [0.717, 1.165) is 67.2 Å². The van der Waals surface area contributed by atoms with Gasteiger partial charge in [0, 0.05) is 43.2 Å². The number of nitrogens with two attached hydrogens (primary N) is 1. The number of unbranched alkanes of at least 4 members (excludes halogenated alkanes) is 3. The van der Waals surface area contributed by atoms with Crippen LogP contribution in [-0.2, 0) is 55.5 Å². The molecule has 2 aromatic heterocycles. The molecule has 26 nitrogen and oxygen atoms in total. The van der Waals surface area contributed by atoms with Gasteiger partial charge in [-0.1, -0.05) is 62.4 Å². The lowest BCUT2D eigenvalue weighted by molar-refractivity contribution is -0.137. The zero-order chi connectivity index (χ0) is 49.1. The first-order valence-electron chi connectivity index (χ1n) is 20.2. The number of carbonyl (C=O) groups excluding carboxylic acids is 3. The van der Waals surface area contributed by atoms with Crippen molar-refractivity contribution in [2.75, 3.05) is 37.8 Å². The van der Waals surface area contributed by atoms with Crippen LogP contribution in [0.1, 0.15) is 71.4 Å². The molecule has 0 bridgehead atoms. The number of carboxylic acid groups (broad SMARTS) is 1. The summed E-state index contributed by atoms with van der Waals surface area (Å²) < 4.78 is 62.3. The maximum Gasteiger partial charge on any atom is 0.481 e. The van der Waals surface area contributed by atoms with Gasteiger partial charge in [0.15, 0.2) is 22.8 Å². The molecule has 11 N–H and O–H groups in total. The number of aliphatic carboxylic acids is 1. The predicted octanol–water partition coefficient (Wildman–Crippen LogP) is 2.15. The summed E-state index contributed by atoms with van der Waals surface area (Å²) in [5.41, 5.74) is 4.24. The lowest BCUT2D eigenvalue weighted by Gasteiger charge is -2.30. The zero-order valence-corrected chi connectivity index (χ0v) is 39.3. The number of aliphatic hydroxyl groups is 2. The lowest BCUT2D eigenvalue weighted by atomic mass is 9.87. The van der Waals surface area contributed by atoms with Crippen LogP contribution in [-0.4, -0.2) is 134 Å². The maximum absolute atomic E-state index is 12.7. The Bertz CT molecular complexity index is 2190. The van der Waals surface area contributed by atoms with E-state index in [-0.39, 0.29) is 41.6 Å². The molecule has 30 heteroatoms. The molecular weight excluding hydrogens is 959 g/mol. The Morgan fingerprint density at radius 3 is 2.32 bits per heavy atom. The molecule has 1 aliphatic heterocycles. The van der Waals surface area contributed by atoms with Crippen molar-refractivity contribution in [3.8, 4) is 0 Å². The fourth-order valence-electron chi connectivity index (χ4n) is 5.81. The number of amides is 2. The Kier molecular flexibility index (Phi) is 22.9. The number of hydrogen-bond donors (Lipinski definition) is 10. The number of phosphoric acid groups is 3. The highest BCUT2D eigenvalue weighted by Gasteiger charge is 2.50. The van der Waals surface area contributed by atoms with Crippen LogP contribution < -0.4 is 16.4 Å². The highest BCUT2D eigenvalue weighted by molar-refractivity contribution is 8.13. The zero-order valence-electron chi connectivity index (χ0n) is 35.8. The molecule has 0 aliphatic carbocycles. The van der Waals surface area contributed by atoms with E-state index in [1.807, 2.05) is 18.2 Å². The minimum atomic E-state index is -5.59. The van der Waals surface area contributed by atoms with E-state index in [1.54, 1.807) is 6.08 Å². The van der Waals surface area contributed by atoms with E-state index in [0.29, 0.717) is 18.6 Å². The van der Waals surface area contributed by atoms with Gasteiger partial charge in [-0.05, 0) is 32.1 Å². The van der Waals surface area contributed by atoms with E-state index in [4.69, 9.17) is 24.6 Å². The molecule has 3 heterocycles. The first-order valence-corrected chi connectivity index (χ1v) is 25.7. The topological polar surface area (TPSA) is 401 Å². The van der Waals surface area contributed by atoms with Gasteiger partial charge in [0.05, 0.1) is 19.5 Å². The maximum atomic E-state index is 12.7. The summed E-state index contributed by atoms with van der Waals surface area (Å²) in [6, 6.07) is 0. The molecule has 3 rings (SSSR count). The van der Waals surface area contributed by atoms with E-state index in [1.165, 1.54) is 13.8 Å². The molecule has 66 heavy (non-hydrogen) atoms. The van der Waals surface area contributed by atoms with Gasteiger partial charge in [-0.15, -0.1) is 0 Å². The minimum Gasteiger partial charge on any atom is -0.478 e. The van der Waals surface area contributed by atoms with Crippen molar-refractivity contribution in [1.82, 2.24) is 30.2 Å². The monoisotopic (exact) mass is 1020 g/mol. The number of carbonyl (C=O) groups is 4. The third-order valence-corrected chi connectivity index (χ3v) is 13.2. The van der Waals surface area contributed by atoms with Gasteiger partial charge >= 0.3 is 29.4 Å². The second-order valence-electron chi connectivity index (χ2n) is 15.0. The fraction of sp³-hybridized carbons (Fsp3) is 0.583. The number of aromatic nitrogens is 4. The molecule has 0 spiro atoms. The third-order valence-electron chi connectivity index (χ3n) is 9.15. The van der Waals surface area contributed by atoms with E-state index in [9.17, 15) is 62.7 Å². The standard InChI is InChI=1S/C36H56N7O19P3S/c1-36(2,31(49)34(50)39-17-16-25(44)38-18-19-66-27(47)15-13-11-9-7-5-3-4-6-8-10-12-14-26(45)46)21-59-65(56,57)62-64(54,55)58-20-24-30(61-63(51,52)53)29(48)35(60-24)43-23-42-28-32(37)40-22-41-33(28)43/h3,5-6,8,12,14,22-24,29-31,35,48-49H,4,7,9-11,13,15-21H2,1-2H3,(H,38,44)(H,39,50)(H,45,46)(H,54,55)(H,56,57)(H2,37,40,41)(H2,51,52,53)/b5-3+,8-6+,14-12+. The van der Waals surface area contributed by atoms with Crippen LogP contribution in [0.5, 0.6) is 0 Å². The van der Waals surface area contributed by atoms with Crippen molar-refractivity contribution in [3.05, 3.63) is 49.1 Å². The second kappa shape index (κ2) is 26.7. The van der Waals surface area contributed by atoms with Crippen LogP contribution >= 0.6 is 35.2 Å². The Hall–Kier alpha value is -3.75. The summed E-state index contributed by atoms with van der Waals surface area (Å²) in [6.07, 6.45) is 8.74. The van der Waals surface area contributed by atoms with E-state index >= 15 is 0 Å². The number of nitrogens with zero attached hydrogens (tertiary/aromatic N) is 4. The molecule has 1 aliphatic rings. The number of rotatable bonds is 30. The van der Waals surface area contributed by atoms with Crippen molar-refractivity contribution in [1.29, 1.82) is 0 Å². The first kappa shape index (κ1) is 56.6. The van der Waals surface area contributed by atoms with Crippen molar-refractivity contribution >= 4 is 75.1 Å². The lowest BCUT2D eigenvalue weighted by Crippen LogP contribution is -2.46. The Morgan fingerprint density at radius 1 is 0.939 bits per heavy atom. The van der Waals surface area contributed by atoms with Crippen LogP contribution in [0.2, 0.25) is 0 Å². The summed E-state index contributed by atoms with van der Waals surface area (Å²) in [7, 11) is -16.4. The largest absolute Gasteiger partial charge is 0.481 e.